The molecule has 0 aromatic heterocycles. The first-order valence-corrected chi connectivity index (χ1v) is 5.99. The van der Waals surface area contributed by atoms with Crippen molar-refractivity contribution in [3.8, 4) is 0 Å². The summed E-state index contributed by atoms with van der Waals surface area (Å²) in [6.45, 7) is 5.09. The third-order valence-electron chi connectivity index (χ3n) is 3.55. The van der Waals surface area contributed by atoms with Crippen molar-refractivity contribution >= 4 is 11.8 Å². The number of hydrogen-bond acceptors (Lipinski definition) is 4. The van der Waals surface area contributed by atoms with Gasteiger partial charge in [0, 0.05) is 13.1 Å². The molecule has 1 heterocycles. The van der Waals surface area contributed by atoms with Crippen LogP contribution in [0.4, 0.5) is 0 Å². The Balaban J connectivity index is 2.72. The van der Waals surface area contributed by atoms with Gasteiger partial charge in [0.2, 0.25) is 5.91 Å². The molecule has 98 valence electrons. The molecule has 1 saturated heterocycles. The molecule has 0 saturated carbocycles. The minimum atomic E-state index is -0.527. The van der Waals surface area contributed by atoms with Crippen LogP contribution in [0.2, 0.25) is 0 Å². The van der Waals surface area contributed by atoms with Gasteiger partial charge in [-0.25, -0.2) is 5.84 Å². The standard InChI is InChI=1S/C11H22N4O2/c1-3-4-8(9(16)14-13)15-6-5-11(2,7-15)10(12)17/h8H,3-7,13H2,1-2H3,(H2,12,17)(H,14,16). The number of nitrogens with zero attached hydrogens (tertiary/aromatic N) is 1. The Morgan fingerprint density at radius 3 is 2.59 bits per heavy atom. The number of primary amides is 1. The molecule has 2 unspecified atom stereocenters. The third-order valence-corrected chi connectivity index (χ3v) is 3.55. The molecule has 0 spiro atoms. The number of hydrogen-bond donors (Lipinski definition) is 3. The molecule has 17 heavy (non-hydrogen) atoms. The Morgan fingerprint density at radius 2 is 2.18 bits per heavy atom. The van der Waals surface area contributed by atoms with Crippen molar-refractivity contribution in [3.63, 3.8) is 0 Å². The summed E-state index contributed by atoms with van der Waals surface area (Å²) < 4.78 is 0. The van der Waals surface area contributed by atoms with Gasteiger partial charge in [0.15, 0.2) is 0 Å². The molecule has 0 aliphatic carbocycles. The van der Waals surface area contributed by atoms with E-state index in [2.05, 4.69) is 5.43 Å². The van der Waals surface area contributed by atoms with Gasteiger partial charge in [0.1, 0.15) is 0 Å². The van der Waals surface area contributed by atoms with E-state index >= 15 is 0 Å². The quantitative estimate of drug-likeness (QED) is 0.338. The summed E-state index contributed by atoms with van der Waals surface area (Å²) in [5, 5.41) is 0. The molecular weight excluding hydrogens is 220 g/mol. The highest BCUT2D eigenvalue weighted by Gasteiger charge is 2.42. The van der Waals surface area contributed by atoms with E-state index in [0.29, 0.717) is 19.5 Å². The van der Waals surface area contributed by atoms with Crippen molar-refractivity contribution in [2.45, 2.75) is 39.2 Å². The van der Waals surface area contributed by atoms with E-state index < -0.39 is 5.41 Å². The monoisotopic (exact) mass is 242 g/mol. The van der Waals surface area contributed by atoms with Gasteiger partial charge < -0.3 is 5.73 Å². The van der Waals surface area contributed by atoms with Crippen LogP contribution in [0.25, 0.3) is 0 Å². The fraction of sp³-hybridized carbons (Fsp3) is 0.818. The van der Waals surface area contributed by atoms with Crippen LogP contribution in [0.15, 0.2) is 0 Å². The molecule has 1 fully saturated rings. The molecule has 2 atom stereocenters. The van der Waals surface area contributed by atoms with Crippen LogP contribution in [0.3, 0.4) is 0 Å². The minimum Gasteiger partial charge on any atom is -0.369 e. The van der Waals surface area contributed by atoms with Gasteiger partial charge in [-0.2, -0.15) is 0 Å². The third kappa shape index (κ3) is 2.95. The zero-order valence-corrected chi connectivity index (χ0v) is 10.5. The second-order valence-electron chi connectivity index (χ2n) is 4.96. The summed E-state index contributed by atoms with van der Waals surface area (Å²) in [7, 11) is 0. The molecular formula is C11H22N4O2. The molecule has 0 aromatic rings. The van der Waals surface area contributed by atoms with Crippen LogP contribution in [-0.4, -0.2) is 35.8 Å². The average molecular weight is 242 g/mol. The first-order chi connectivity index (χ1) is 7.94. The molecule has 1 rings (SSSR count). The highest BCUT2D eigenvalue weighted by atomic mass is 16.2. The lowest BCUT2D eigenvalue weighted by molar-refractivity contribution is -0.129. The van der Waals surface area contributed by atoms with Crippen molar-refractivity contribution in [1.82, 2.24) is 10.3 Å². The Labute approximate surface area is 102 Å². The molecule has 1 aliphatic rings. The maximum Gasteiger partial charge on any atom is 0.251 e. The van der Waals surface area contributed by atoms with Gasteiger partial charge in [-0.3, -0.25) is 19.9 Å². The van der Waals surface area contributed by atoms with Gasteiger partial charge in [0.05, 0.1) is 11.5 Å². The largest absolute Gasteiger partial charge is 0.369 e. The van der Waals surface area contributed by atoms with Crippen LogP contribution in [0.5, 0.6) is 0 Å². The van der Waals surface area contributed by atoms with Gasteiger partial charge in [-0.15, -0.1) is 0 Å². The van der Waals surface area contributed by atoms with E-state index in [1.807, 2.05) is 18.7 Å². The second kappa shape index (κ2) is 5.46. The number of hydrazine groups is 1. The van der Waals surface area contributed by atoms with Crippen molar-refractivity contribution in [3.05, 3.63) is 0 Å². The van der Waals surface area contributed by atoms with E-state index in [1.54, 1.807) is 0 Å². The van der Waals surface area contributed by atoms with Crippen molar-refractivity contribution < 1.29 is 9.59 Å². The highest BCUT2D eigenvalue weighted by molar-refractivity contribution is 5.83. The van der Waals surface area contributed by atoms with Gasteiger partial charge in [-0.05, 0) is 19.8 Å². The fourth-order valence-electron chi connectivity index (χ4n) is 2.31. The molecule has 6 heteroatoms. The summed E-state index contributed by atoms with van der Waals surface area (Å²) in [6.07, 6.45) is 2.32. The normalized spacial score (nSPS) is 26.8. The lowest BCUT2D eigenvalue weighted by Gasteiger charge is -2.27. The van der Waals surface area contributed by atoms with E-state index in [-0.39, 0.29) is 17.9 Å². The predicted molar refractivity (Wildman–Crippen MR) is 64.5 cm³/mol. The fourth-order valence-corrected chi connectivity index (χ4v) is 2.31. The van der Waals surface area contributed by atoms with E-state index in [4.69, 9.17) is 11.6 Å². The summed E-state index contributed by atoms with van der Waals surface area (Å²) >= 11 is 0. The zero-order valence-electron chi connectivity index (χ0n) is 10.5. The number of nitrogens with one attached hydrogen (secondary N) is 1. The molecule has 0 aromatic carbocycles. The zero-order chi connectivity index (χ0) is 13.1. The average Bonchev–Trinajstić information content (AvgIpc) is 2.69. The first kappa shape index (κ1) is 13.9. The number of rotatable bonds is 5. The maximum atomic E-state index is 11.7. The molecule has 2 amide bonds. The van der Waals surface area contributed by atoms with Gasteiger partial charge >= 0.3 is 0 Å². The van der Waals surface area contributed by atoms with E-state index in [9.17, 15) is 9.59 Å². The molecule has 0 bridgehead atoms. The maximum absolute atomic E-state index is 11.7. The molecule has 0 radical (unpaired) electrons. The highest BCUT2D eigenvalue weighted by Crippen LogP contribution is 2.31. The van der Waals surface area contributed by atoms with Crippen LogP contribution in [0.1, 0.15) is 33.1 Å². The van der Waals surface area contributed by atoms with Crippen molar-refractivity contribution in [2.24, 2.45) is 17.0 Å². The SMILES string of the molecule is CCCC(C(=O)NN)N1CCC(C)(C(N)=O)C1. The Bertz CT molecular complexity index is 308. The number of amides is 2. The van der Waals surface area contributed by atoms with Crippen molar-refractivity contribution in [2.75, 3.05) is 13.1 Å². The van der Waals surface area contributed by atoms with Crippen LogP contribution < -0.4 is 17.0 Å². The minimum absolute atomic E-state index is 0.194. The molecule has 6 nitrogen and oxygen atoms in total. The molecule has 1 aliphatic heterocycles. The summed E-state index contributed by atoms with van der Waals surface area (Å²) in [6, 6.07) is -0.258. The van der Waals surface area contributed by atoms with Crippen LogP contribution in [0, 0.1) is 5.41 Å². The second-order valence-corrected chi connectivity index (χ2v) is 4.96. The Kier molecular flexibility index (Phi) is 4.47. The number of carbonyl (C=O) groups excluding carboxylic acids is 2. The van der Waals surface area contributed by atoms with Gasteiger partial charge in [0.25, 0.3) is 5.91 Å². The van der Waals surface area contributed by atoms with Crippen molar-refractivity contribution in [1.29, 1.82) is 0 Å². The van der Waals surface area contributed by atoms with Crippen LogP contribution >= 0.6 is 0 Å². The van der Waals surface area contributed by atoms with Crippen LogP contribution in [-0.2, 0) is 9.59 Å². The summed E-state index contributed by atoms with van der Waals surface area (Å²) in [5.41, 5.74) is 7.05. The Hall–Kier alpha value is -1.14. The smallest absolute Gasteiger partial charge is 0.251 e. The number of nitrogens with two attached hydrogens (primary N) is 2. The molecule has 5 N–H and O–H groups in total. The predicted octanol–water partition coefficient (Wildman–Crippen LogP) is -0.658. The van der Waals surface area contributed by atoms with Gasteiger partial charge in [-0.1, -0.05) is 13.3 Å². The topological polar surface area (TPSA) is 101 Å². The lowest BCUT2D eigenvalue weighted by atomic mass is 9.89. The number of likely N-dealkylation sites (tertiary alicyclic amines) is 1. The lowest BCUT2D eigenvalue weighted by Crippen LogP contribution is -2.49. The summed E-state index contributed by atoms with van der Waals surface area (Å²) in [4.78, 5) is 25.0. The number of carbonyl (C=O) groups is 2. The first-order valence-electron chi connectivity index (χ1n) is 5.99. The summed E-state index contributed by atoms with van der Waals surface area (Å²) in [5.74, 6) is 4.68. The van der Waals surface area contributed by atoms with E-state index in [1.165, 1.54) is 0 Å². The van der Waals surface area contributed by atoms with E-state index in [0.717, 1.165) is 12.8 Å². The Morgan fingerprint density at radius 1 is 1.53 bits per heavy atom.